The SMILES string of the molecule is Nc1ncnc2c1ncn2[C@@H]1O[C@H](COP(=O)(O)CP(=O)(O)OC[C@H]2O[C@@H](n3cnc4c(N)ncnc43)[C@@H](O)C2O)C(O)C1O. The Balaban J connectivity index is 1.04. The molecule has 10 N–H and O–H groups in total. The van der Waals surface area contributed by atoms with Crippen molar-refractivity contribution >= 4 is 49.2 Å². The van der Waals surface area contributed by atoms with Gasteiger partial charge in [-0.2, -0.15) is 0 Å². The van der Waals surface area contributed by atoms with E-state index in [9.17, 15) is 39.3 Å². The Kier molecular flexibility index (Phi) is 8.35. The summed E-state index contributed by atoms with van der Waals surface area (Å²) in [5, 5.41) is 42.0. The topological polar surface area (TPSA) is 332 Å². The summed E-state index contributed by atoms with van der Waals surface area (Å²) in [6.45, 7) is -1.53. The van der Waals surface area contributed by atoms with E-state index in [4.69, 9.17) is 30.0 Å². The smallest absolute Gasteiger partial charge is 0.340 e. The van der Waals surface area contributed by atoms with E-state index in [1.807, 2.05) is 0 Å². The Labute approximate surface area is 251 Å². The number of hydrogen-bond donors (Lipinski definition) is 8. The van der Waals surface area contributed by atoms with Crippen LogP contribution >= 0.6 is 15.2 Å². The highest BCUT2D eigenvalue weighted by molar-refractivity contribution is 7.70. The van der Waals surface area contributed by atoms with Gasteiger partial charge < -0.3 is 60.2 Å². The van der Waals surface area contributed by atoms with Crippen LogP contribution in [0.3, 0.4) is 0 Å². The summed E-state index contributed by atoms with van der Waals surface area (Å²) in [6.07, 6.45) is -6.60. The van der Waals surface area contributed by atoms with Gasteiger partial charge >= 0.3 is 15.2 Å². The molecule has 0 bridgehead atoms. The van der Waals surface area contributed by atoms with Crippen LogP contribution in [0.4, 0.5) is 11.6 Å². The average Bonchev–Trinajstić information content (AvgIpc) is 3.73. The van der Waals surface area contributed by atoms with E-state index in [0.717, 1.165) is 0 Å². The summed E-state index contributed by atoms with van der Waals surface area (Å²) < 4.78 is 49.1. The fourth-order valence-corrected chi connectivity index (χ4v) is 8.21. The summed E-state index contributed by atoms with van der Waals surface area (Å²) >= 11 is 0. The highest BCUT2D eigenvalue weighted by Crippen LogP contribution is 2.58. The zero-order valence-corrected chi connectivity index (χ0v) is 24.6. The van der Waals surface area contributed by atoms with Crippen LogP contribution in [0.25, 0.3) is 22.3 Å². The molecule has 0 saturated carbocycles. The number of nitrogens with two attached hydrogens (primary N) is 2. The molecule has 2 aliphatic rings. The molecule has 0 radical (unpaired) electrons. The highest BCUT2D eigenvalue weighted by Gasteiger charge is 2.47. The number of aliphatic hydroxyl groups excluding tert-OH is 4. The highest BCUT2D eigenvalue weighted by atomic mass is 31.2. The van der Waals surface area contributed by atoms with Crippen LogP contribution in [-0.2, 0) is 27.7 Å². The quantitative estimate of drug-likeness (QED) is 0.0801. The van der Waals surface area contributed by atoms with Crippen molar-refractivity contribution in [2.75, 3.05) is 30.6 Å². The first kappa shape index (κ1) is 31.7. The molecule has 0 spiro atoms. The Morgan fingerprint density at radius 2 is 1.09 bits per heavy atom. The summed E-state index contributed by atoms with van der Waals surface area (Å²) in [7, 11) is -9.74. The van der Waals surface area contributed by atoms with Gasteiger partial charge in [0.05, 0.1) is 25.9 Å². The lowest BCUT2D eigenvalue weighted by Gasteiger charge is -2.21. The molecule has 45 heavy (non-hydrogen) atoms. The fourth-order valence-electron chi connectivity index (χ4n) is 4.99. The van der Waals surface area contributed by atoms with Gasteiger partial charge in [0.15, 0.2) is 41.3 Å². The van der Waals surface area contributed by atoms with E-state index in [-0.39, 0.29) is 34.0 Å². The summed E-state index contributed by atoms with van der Waals surface area (Å²) in [4.78, 5) is 44.4. The van der Waals surface area contributed by atoms with Gasteiger partial charge in [0.2, 0.25) is 0 Å². The van der Waals surface area contributed by atoms with E-state index in [1.165, 1.54) is 34.4 Å². The van der Waals surface area contributed by atoms with Crippen LogP contribution in [0.5, 0.6) is 0 Å². The minimum atomic E-state index is -4.87. The number of hydrogen-bond acceptors (Lipinski definition) is 18. The largest absolute Gasteiger partial charge is 0.387 e. The lowest BCUT2D eigenvalue weighted by Crippen LogP contribution is -2.34. The molecule has 2 aliphatic heterocycles. The van der Waals surface area contributed by atoms with E-state index in [2.05, 4.69) is 29.9 Å². The maximum atomic E-state index is 12.7. The van der Waals surface area contributed by atoms with Crippen molar-refractivity contribution in [2.24, 2.45) is 0 Å². The lowest BCUT2D eigenvalue weighted by atomic mass is 10.1. The molecule has 6 rings (SSSR count). The van der Waals surface area contributed by atoms with Crippen LogP contribution in [0, 0.1) is 0 Å². The zero-order valence-electron chi connectivity index (χ0n) is 22.8. The first-order valence-electron chi connectivity index (χ1n) is 13.1. The molecule has 10 atom stereocenters. The van der Waals surface area contributed by atoms with E-state index in [1.54, 1.807) is 0 Å². The number of ether oxygens (including phenoxy) is 2. The number of aliphatic hydroxyl groups is 4. The van der Waals surface area contributed by atoms with Crippen molar-refractivity contribution in [3.63, 3.8) is 0 Å². The predicted octanol–water partition coefficient (Wildman–Crippen LogP) is -2.57. The maximum Gasteiger partial charge on any atom is 0.340 e. The molecule has 2 fully saturated rings. The number of fused-ring (bicyclic) bond motifs is 2. The lowest BCUT2D eigenvalue weighted by molar-refractivity contribution is -0.0491. The zero-order chi connectivity index (χ0) is 32.3. The van der Waals surface area contributed by atoms with Gasteiger partial charge in [-0.1, -0.05) is 0 Å². The predicted molar refractivity (Wildman–Crippen MR) is 148 cm³/mol. The Bertz CT molecular complexity index is 1680. The van der Waals surface area contributed by atoms with Gasteiger partial charge in [0.25, 0.3) is 0 Å². The fraction of sp³-hybridized carbons (Fsp3) is 0.524. The molecule has 244 valence electrons. The second-order valence-corrected chi connectivity index (χ2v) is 14.5. The molecule has 4 aromatic rings. The second kappa shape index (κ2) is 11.8. The number of rotatable bonds is 10. The van der Waals surface area contributed by atoms with Crippen LogP contribution < -0.4 is 11.5 Å². The van der Waals surface area contributed by atoms with Crippen molar-refractivity contribution in [3.8, 4) is 0 Å². The normalized spacial score (nSPS) is 31.4. The standard InChI is InChI=1S/C21H28N10O12P2/c22-16-10-18(26-3-24-16)30(5-28-10)20-14(34)12(32)8(42-20)1-40-44(36,37)7-45(38,39)41-2-9-13(33)15(35)21(43-9)31-6-29-11-17(23)25-4-27-19(11)31/h3-6,8-9,12-15,20-21,32-35H,1-2,7H2,(H,36,37)(H,38,39)(H2,22,24,26)(H2,23,25,27)/t8-,9-,12?,13?,14+,15?,20-,21-/m1/s1. The first-order valence-corrected chi connectivity index (χ1v) is 16.6. The van der Waals surface area contributed by atoms with Crippen LogP contribution in [0.2, 0.25) is 0 Å². The number of nitrogen functional groups attached to an aromatic ring is 2. The number of imidazole rings is 2. The first-order chi connectivity index (χ1) is 21.3. The molecular weight excluding hydrogens is 646 g/mol. The molecule has 2 saturated heterocycles. The molecule has 0 aliphatic carbocycles. The van der Waals surface area contributed by atoms with Crippen molar-refractivity contribution in [3.05, 3.63) is 25.3 Å². The molecule has 22 nitrogen and oxygen atoms in total. The molecule has 5 unspecified atom stereocenters. The summed E-state index contributed by atoms with van der Waals surface area (Å²) in [6, 6.07) is 0. The van der Waals surface area contributed by atoms with Crippen LogP contribution in [0.15, 0.2) is 25.3 Å². The third-order valence-electron chi connectivity index (χ3n) is 7.24. The molecule has 24 heteroatoms. The summed E-state index contributed by atoms with van der Waals surface area (Å²) in [5.41, 5.74) is 12.4. The van der Waals surface area contributed by atoms with Gasteiger partial charge in [-0.25, -0.2) is 29.9 Å². The van der Waals surface area contributed by atoms with Crippen molar-refractivity contribution in [1.82, 2.24) is 39.0 Å². The second-order valence-electron chi connectivity index (χ2n) is 10.3. The van der Waals surface area contributed by atoms with Gasteiger partial charge in [-0.15, -0.1) is 0 Å². The number of aromatic nitrogens is 8. The molecular formula is C21H28N10O12P2. The van der Waals surface area contributed by atoms with Crippen LogP contribution in [0.1, 0.15) is 12.5 Å². The third-order valence-corrected chi connectivity index (χ3v) is 11.2. The third kappa shape index (κ3) is 6.03. The maximum absolute atomic E-state index is 12.7. The molecule has 6 heterocycles. The summed E-state index contributed by atoms with van der Waals surface area (Å²) in [5.74, 6) is -1.24. The van der Waals surface area contributed by atoms with E-state index < -0.39 is 83.4 Å². The Morgan fingerprint density at radius 1 is 0.689 bits per heavy atom. The Hall–Kier alpha value is -3.24. The average molecular weight is 674 g/mol. The van der Waals surface area contributed by atoms with Crippen molar-refractivity contribution in [1.29, 1.82) is 0 Å². The van der Waals surface area contributed by atoms with Gasteiger partial charge in [0.1, 0.15) is 60.3 Å². The number of nitrogens with zero attached hydrogens (tertiary/aromatic N) is 8. The molecule has 4 aromatic heterocycles. The molecule has 0 aromatic carbocycles. The van der Waals surface area contributed by atoms with E-state index in [0.29, 0.717) is 0 Å². The van der Waals surface area contributed by atoms with Gasteiger partial charge in [0, 0.05) is 0 Å². The van der Waals surface area contributed by atoms with Gasteiger partial charge in [-0.05, 0) is 0 Å². The molecule has 0 amide bonds. The van der Waals surface area contributed by atoms with Crippen molar-refractivity contribution < 1.29 is 57.9 Å². The van der Waals surface area contributed by atoms with Crippen molar-refractivity contribution in [2.45, 2.75) is 49.1 Å². The minimum Gasteiger partial charge on any atom is -0.387 e. The number of anilines is 2. The minimum absolute atomic E-state index is 0.0704. The van der Waals surface area contributed by atoms with E-state index >= 15 is 0 Å². The monoisotopic (exact) mass is 674 g/mol. The van der Waals surface area contributed by atoms with Gasteiger partial charge in [-0.3, -0.25) is 18.3 Å². The van der Waals surface area contributed by atoms with Crippen LogP contribution in [-0.4, -0.2) is 125 Å². The Morgan fingerprint density at radius 3 is 1.49 bits per heavy atom.